The molecule has 11 heteroatoms. The molecule has 0 aliphatic rings. The van der Waals surface area contributed by atoms with E-state index in [9.17, 15) is 22.4 Å². The number of nitrogens with zero attached hydrogens (tertiary/aromatic N) is 4. The first-order valence-corrected chi connectivity index (χ1v) is 7.74. The van der Waals surface area contributed by atoms with Gasteiger partial charge < -0.3 is 5.32 Å². The lowest BCUT2D eigenvalue weighted by molar-refractivity contribution is -0.119. The van der Waals surface area contributed by atoms with E-state index in [0.29, 0.717) is 22.6 Å². The van der Waals surface area contributed by atoms with Gasteiger partial charge in [-0.15, -0.1) is 0 Å². The van der Waals surface area contributed by atoms with Crippen LogP contribution in [0.2, 0.25) is 5.02 Å². The Bertz CT molecular complexity index is 774. The Hall–Kier alpha value is -2.10. The van der Waals surface area contributed by atoms with Crippen molar-refractivity contribution in [1.29, 1.82) is 0 Å². The molecule has 0 spiro atoms. The van der Waals surface area contributed by atoms with Crippen molar-refractivity contribution in [3.05, 3.63) is 28.3 Å². The SMILES string of the molecule is CCn1ncc(NC(=O)C(C)n2nc(C(F)F)c(Cl)c2C(F)F)c1C. The van der Waals surface area contributed by atoms with E-state index >= 15 is 0 Å². The Kier molecular flexibility index (Phi) is 5.71. The molecule has 2 rings (SSSR count). The number of alkyl halides is 4. The van der Waals surface area contributed by atoms with Crippen molar-refractivity contribution in [3.63, 3.8) is 0 Å². The number of rotatable bonds is 6. The number of halogens is 5. The Morgan fingerprint density at radius 1 is 1.32 bits per heavy atom. The van der Waals surface area contributed by atoms with Gasteiger partial charge >= 0.3 is 0 Å². The molecule has 2 aromatic rings. The monoisotopic (exact) mass is 381 g/mol. The van der Waals surface area contributed by atoms with Crippen molar-refractivity contribution >= 4 is 23.2 Å². The van der Waals surface area contributed by atoms with E-state index in [1.165, 1.54) is 13.1 Å². The third-order valence-corrected chi connectivity index (χ3v) is 4.12. The summed E-state index contributed by atoms with van der Waals surface area (Å²) in [6.45, 7) is 5.43. The van der Waals surface area contributed by atoms with Gasteiger partial charge in [0.25, 0.3) is 12.9 Å². The van der Waals surface area contributed by atoms with Crippen molar-refractivity contribution in [1.82, 2.24) is 19.6 Å². The van der Waals surface area contributed by atoms with E-state index < -0.39 is 41.2 Å². The van der Waals surface area contributed by atoms with Gasteiger partial charge in [0.15, 0.2) is 0 Å². The van der Waals surface area contributed by atoms with Gasteiger partial charge in [-0.2, -0.15) is 10.2 Å². The zero-order valence-corrected chi connectivity index (χ0v) is 14.4. The smallest absolute Gasteiger partial charge is 0.283 e. The van der Waals surface area contributed by atoms with Crippen LogP contribution < -0.4 is 5.32 Å². The standard InChI is InChI=1S/C14H16ClF4N5O/c1-4-23-6(2)8(5-20-23)21-14(25)7(3)24-11(13(18)19)9(15)10(22-24)12(16)17/h5,7,12-13H,4H2,1-3H3,(H,21,25). The van der Waals surface area contributed by atoms with Gasteiger partial charge in [0, 0.05) is 6.54 Å². The van der Waals surface area contributed by atoms with E-state index in [1.54, 1.807) is 11.6 Å². The van der Waals surface area contributed by atoms with Crippen LogP contribution in [0, 0.1) is 6.92 Å². The second-order valence-electron chi connectivity index (χ2n) is 5.26. The summed E-state index contributed by atoms with van der Waals surface area (Å²) in [5.74, 6) is -0.708. The molecule has 138 valence electrons. The minimum Gasteiger partial charge on any atom is -0.321 e. The summed E-state index contributed by atoms with van der Waals surface area (Å²) in [5, 5.41) is 9.15. The number of aromatic nitrogens is 4. The number of carbonyl (C=O) groups excluding carboxylic acids is 1. The van der Waals surface area contributed by atoms with E-state index in [2.05, 4.69) is 15.5 Å². The van der Waals surface area contributed by atoms with Crippen LogP contribution >= 0.6 is 11.6 Å². The largest absolute Gasteiger partial charge is 0.321 e. The van der Waals surface area contributed by atoms with Crippen molar-refractivity contribution in [2.24, 2.45) is 0 Å². The van der Waals surface area contributed by atoms with Gasteiger partial charge in [0.2, 0.25) is 5.91 Å². The van der Waals surface area contributed by atoms with Gasteiger partial charge in [0.05, 0.1) is 22.6 Å². The molecule has 1 amide bonds. The summed E-state index contributed by atoms with van der Waals surface area (Å²) in [5.41, 5.74) is -0.833. The third kappa shape index (κ3) is 3.63. The number of carbonyl (C=O) groups is 1. The fourth-order valence-corrected chi connectivity index (χ4v) is 2.60. The van der Waals surface area contributed by atoms with E-state index in [4.69, 9.17) is 11.6 Å². The second-order valence-corrected chi connectivity index (χ2v) is 5.63. The quantitative estimate of drug-likeness (QED) is 0.765. The molecule has 6 nitrogen and oxygen atoms in total. The first kappa shape index (κ1) is 19.2. The lowest BCUT2D eigenvalue weighted by Gasteiger charge is -2.15. The third-order valence-electron chi connectivity index (χ3n) is 3.73. The summed E-state index contributed by atoms with van der Waals surface area (Å²) >= 11 is 5.59. The predicted octanol–water partition coefficient (Wildman–Crippen LogP) is 4.14. The number of hydrogen-bond acceptors (Lipinski definition) is 3. The van der Waals surface area contributed by atoms with Gasteiger partial charge in [-0.1, -0.05) is 11.6 Å². The molecule has 0 saturated heterocycles. The number of nitrogens with one attached hydrogen (secondary N) is 1. The van der Waals surface area contributed by atoms with Crippen molar-refractivity contribution < 1.29 is 22.4 Å². The minimum absolute atomic E-state index is 0.393. The fourth-order valence-electron chi connectivity index (χ4n) is 2.31. The topological polar surface area (TPSA) is 64.7 Å². The highest BCUT2D eigenvalue weighted by molar-refractivity contribution is 6.32. The van der Waals surface area contributed by atoms with Crippen LogP contribution in [-0.2, 0) is 11.3 Å². The van der Waals surface area contributed by atoms with Crippen LogP contribution in [0.1, 0.15) is 49.8 Å². The highest BCUT2D eigenvalue weighted by atomic mass is 35.5. The molecule has 1 N–H and O–H groups in total. The van der Waals surface area contributed by atoms with Crippen LogP contribution in [0.3, 0.4) is 0 Å². The molecule has 2 heterocycles. The molecule has 25 heavy (non-hydrogen) atoms. The summed E-state index contributed by atoms with van der Waals surface area (Å²) in [7, 11) is 0. The van der Waals surface area contributed by atoms with Crippen molar-refractivity contribution in [3.8, 4) is 0 Å². The predicted molar refractivity (Wildman–Crippen MR) is 83.1 cm³/mol. The fraction of sp³-hybridized carbons (Fsp3) is 0.500. The Morgan fingerprint density at radius 2 is 1.96 bits per heavy atom. The zero-order chi connectivity index (χ0) is 18.9. The molecule has 0 radical (unpaired) electrons. The van der Waals surface area contributed by atoms with Gasteiger partial charge in [-0.25, -0.2) is 22.2 Å². The Labute approximate surface area is 145 Å². The van der Waals surface area contributed by atoms with Crippen LogP contribution in [0.5, 0.6) is 0 Å². The Morgan fingerprint density at radius 3 is 2.44 bits per heavy atom. The first-order valence-electron chi connectivity index (χ1n) is 7.36. The highest BCUT2D eigenvalue weighted by Gasteiger charge is 2.32. The summed E-state index contributed by atoms with van der Waals surface area (Å²) in [4.78, 5) is 12.3. The molecule has 1 unspecified atom stereocenters. The number of anilines is 1. The lowest BCUT2D eigenvalue weighted by Crippen LogP contribution is -2.26. The molecular formula is C14H16ClF4N5O. The van der Waals surface area contributed by atoms with E-state index in [-0.39, 0.29) is 0 Å². The summed E-state index contributed by atoms with van der Waals surface area (Å²) in [6, 6.07) is -1.28. The van der Waals surface area contributed by atoms with Gasteiger partial charge in [-0.05, 0) is 20.8 Å². The number of amides is 1. The first-order chi connectivity index (χ1) is 11.7. The van der Waals surface area contributed by atoms with E-state index in [0.717, 1.165) is 0 Å². The van der Waals surface area contributed by atoms with Crippen LogP contribution in [0.4, 0.5) is 23.2 Å². The average Bonchev–Trinajstić information content (AvgIpc) is 3.07. The van der Waals surface area contributed by atoms with E-state index in [1.807, 2.05) is 6.92 Å². The Balaban J connectivity index is 2.33. The van der Waals surface area contributed by atoms with Crippen LogP contribution in [-0.4, -0.2) is 25.5 Å². The normalized spacial score (nSPS) is 12.9. The number of aryl methyl sites for hydroxylation is 1. The molecule has 0 fully saturated rings. The van der Waals surface area contributed by atoms with Crippen LogP contribution in [0.15, 0.2) is 6.20 Å². The molecule has 1 atom stereocenters. The minimum atomic E-state index is -3.16. The summed E-state index contributed by atoms with van der Waals surface area (Å²) in [6.07, 6.45) is -4.88. The van der Waals surface area contributed by atoms with Crippen molar-refractivity contribution in [2.75, 3.05) is 5.32 Å². The lowest BCUT2D eigenvalue weighted by atomic mass is 10.2. The maximum absolute atomic E-state index is 13.2. The zero-order valence-electron chi connectivity index (χ0n) is 13.6. The second kappa shape index (κ2) is 7.42. The van der Waals surface area contributed by atoms with Gasteiger partial charge in [0.1, 0.15) is 17.4 Å². The maximum atomic E-state index is 13.2. The number of hydrogen-bond donors (Lipinski definition) is 1. The molecule has 0 aliphatic heterocycles. The summed E-state index contributed by atoms with van der Waals surface area (Å²) < 4.78 is 54.3. The van der Waals surface area contributed by atoms with Crippen LogP contribution in [0.25, 0.3) is 0 Å². The molecule has 0 saturated carbocycles. The molecule has 0 aromatic carbocycles. The average molecular weight is 382 g/mol. The maximum Gasteiger partial charge on any atom is 0.283 e. The molecule has 0 aliphatic carbocycles. The molecule has 2 aromatic heterocycles. The molecule has 0 bridgehead atoms. The van der Waals surface area contributed by atoms with Crippen molar-refractivity contribution in [2.45, 2.75) is 46.2 Å². The molecular weight excluding hydrogens is 366 g/mol. The van der Waals surface area contributed by atoms with Gasteiger partial charge in [-0.3, -0.25) is 9.48 Å². The highest BCUT2D eigenvalue weighted by Crippen LogP contribution is 2.36.